The van der Waals surface area contributed by atoms with Crippen molar-refractivity contribution in [3.8, 4) is 0 Å². The molecular weight excluding hydrogens is 404 g/mol. The normalized spacial score (nSPS) is 9.96. The topological polar surface area (TPSA) is 93.7 Å². The van der Waals surface area contributed by atoms with Gasteiger partial charge in [0.2, 0.25) is 0 Å². The summed E-state index contributed by atoms with van der Waals surface area (Å²) in [7, 11) is 2.47. The van der Waals surface area contributed by atoms with E-state index in [9.17, 15) is 14.4 Å². The molecule has 0 aliphatic rings. The number of carbonyl (C=O) groups is 3. The number of ether oxygens (including phenoxy) is 2. The van der Waals surface area contributed by atoms with Crippen LogP contribution < -0.4 is 10.6 Å². The van der Waals surface area contributed by atoms with Gasteiger partial charge in [0.25, 0.3) is 0 Å². The molecule has 26 heavy (non-hydrogen) atoms. The zero-order chi connectivity index (χ0) is 19.1. The molecule has 0 spiro atoms. The number of carbonyl (C=O) groups excluding carboxylic acids is 3. The van der Waals surface area contributed by atoms with Gasteiger partial charge in [0.15, 0.2) is 0 Å². The second-order valence-corrected chi connectivity index (χ2v) is 6.09. The molecule has 2 amide bonds. The molecule has 0 aromatic heterocycles. The lowest BCUT2D eigenvalue weighted by atomic mass is 10.1. The molecule has 7 nitrogen and oxygen atoms in total. The van der Waals surface area contributed by atoms with Gasteiger partial charge in [-0.05, 0) is 35.9 Å². The summed E-state index contributed by atoms with van der Waals surface area (Å²) in [5.41, 5.74) is 1.37. The third kappa shape index (κ3) is 5.06. The van der Waals surface area contributed by atoms with Gasteiger partial charge in [-0.15, -0.1) is 0 Å². The van der Waals surface area contributed by atoms with E-state index in [1.165, 1.54) is 32.4 Å². The Morgan fingerprint density at radius 2 is 1.62 bits per heavy atom. The van der Waals surface area contributed by atoms with E-state index in [-0.39, 0.29) is 16.8 Å². The summed E-state index contributed by atoms with van der Waals surface area (Å²) < 4.78 is 10.3. The average molecular weight is 421 g/mol. The van der Waals surface area contributed by atoms with Crippen LogP contribution in [0.3, 0.4) is 0 Å². The van der Waals surface area contributed by atoms with Crippen LogP contribution in [0.4, 0.5) is 10.5 Å². The first-order chi connectivity index (χ1) is 12.4. The molecule has 8 heteroatoms. The zero-order valence-corrected chi connectivity index (χ0v) is 15.8. The van der Waals surface area contributed by atoms with E-state index in [2.05, 4.69) is 31.3 Å². The molecular formula is C18H17BrN2O5. The fourth-order valence-electron chi connectivity index (χ4n) is 2.13. The third-order valence-electron chi connectivity index (χ3n) is 3.46. The minimum absolute atomic E-state index is 0.124. The molecule has 2 aromatic rings. The number of halogens is 1. The van der Waals surface area contributed by atoms with E-state index in [4.69, 9.17) is 4.74 Å². The fourth-order valence-corrected chi connectivity index (χ4v) is 2.40. The number of hydrogen-bond acceptors (Lipinski definition) is 5. The number of esters is 2. The molecule has 2 rings (SSSR count). The molecule has 0 saturated carbocycles. The lowest BCUT2D eigenvalue weighted by Gasteiger charge is -2.12. The van der Waals surface area contributed by atoms with Gasteiger partial charge in [0, 0.05) is 11.0 Å². The van der Waals surface area contributed by atoms with E-state index >= 15 is 0 Å². The molecule has 2 aromatic carbocycles. The Hall–Kier alpha value is -2.87. The van der Waals surface area contributed by atoms with Crippen molar-refractivity contribution < 1.29 is 23.9 Å². The standard InChI is InChI=1S/C18H17BrN2O5/c1-25-16(22)12-5-8-14(17(23)26-2)15(9-12)21-18(24)20-10-11-3-6-13(19)7-4-11/h3-9H,10H2,1-2H3,(H2,20,21,24). The van der Waals surface area contributed by atoms with Crippen LogP contribution >= 0.6 is 15.9 Å². The number of rotatable bonds is 5. The maximum absolute atomic E-state index is 12.2. The summed E-state index contributed by atoms with van der Waals surface area (Å²) in [6.45, 7) is 0.295. The Kier molecular flexibility index (Phi) is 6.74. The molecule has 2 N–H and O–H groups in total. The third-order valence-corrected chi connectivity index (χ3v) is 3.99. The van der Waals surface area contributed by atoms with Crippen LogP contribution in [0.5, 0.6) is 0 Å². The minimum atomic E-state index is -0.635. The van der Waals surface area contributed by atoms with Crippen molar-refractivity contribution in [1.29, 1.82) is 0 Å². The van der Waals surface area contributed by atoms with Crippen LogP contribution in [0.1, 0.15) is 26.3 Å². The van der Waals surface area contributed by atoms with Gasteiger partial charge in [-0.3, -0.25) is 0 Å². The number of amides is 2. The van der Waals surface area contributed by atoms with Crippen molar-refractivity contribution in [3.63, 3.8) is 0 Å². The maximum Gasteiger partial charge on any atom is 0.339 e. The van der Waals surface area contributed by atoms with Crippen LogP contribution in [0.2, 0.25) is 0 Å². The highest BCUT2D eigenvalue weighted by Crippen LogP contribution is 2.20. The largest absolute Gasteiger partial charge is 0.465 e. The van der Waals surface area contributed by atoms with Crippen molar-refractivity contribution in [2.75, 3.05) is 19.5 Å². The average Bonchev–Trinajstić information content (AvgIpc) is 2.66. The van der Waals surface area contributed by atoms with E-state index in [0.717, 1.165) is 10.0 Å². The second-order valence-electron chi connectivity index (χ2n) is 5.18. The lowest BCUT2D eigenvalue weighted by Crippen LogP contribution is -2.29. The van der Waals surface area contributed by atoms with Gasteiger partial charge in [0.1, 0.15) is 0 Å². The molecule has 0 heterocycles. The van der Waals surface area contributed by atoms with Gasteiger partial charge in [-0.1, -0.05) is 28.1 Å². The van der Waals surface area contributed by atoms with Gasteiger partial charge in [0.05, 0.1) is 31.0 Å². The van der Waals surface area contributed by atoms with E-state index in [0.29, 0.717) is 6.54 Å². The Morgan fingerprint density at radius 1 is 0.962 bits per heavy atom. The van der Waals surface area contributed by atoms with Crippen LogP contribution in [0.25, 0.3) is 0 Å². The highest BCUT2D eigenvalue weighted by Gasteiger charge is 2.17. The zero-order valence-electron chi connectivity index (χ0n) is 14.2. The number of anilines is 1. The van der Waals surface area contributed by atoms with Crippen molar-refractivity contribution in [1.82, 2.24) is 5.32 Å². The molecule has 0 saturated heterocycles. The van der Waals surface area contributed by atoms with Gasteiger partial charge in [-0.2, -0.15) is 0 Å². The molecule has 136 valence electrons. The summed E-state index contributed by atoms with van der Waals surface area (Å²) in [6, 6.07) is 11.1. The van der Waals surface area contributed by atoms with Crippen LogP contribution in [0, 0.1) is 0 Å². The van der Waals surface area contributed by atoms with Crippen molar-refractivity contribution in [2.45, 2.75) is 6.54 Å². The molecule has 0 radical (unpaired) electrons. The van der Waals surface area contributed by atoms with E-state index in [1.54, 1.807) is 0 Å². The van der Waals surface area contributed by atoms with Gasteiger partial charge in [-0.25, -0.2) is 14.4 Å². The number of nitrogens with one attached hydrogen (secondary N) is 2. The molecule has 0 aliphatic carbocycles. The van der Waals surface area contributed by atoms with Crippen LogP contribution in [0.15, 0.2) is 46.9 Å². The number of benzene rings is 2. The Morgan fingerprint density at radius 3 is 2.23 bits per heavy atom. The molecule has 0 aliphatic heterocycles. The highest BCUT2D eigenvalue weighted by atomic mass is 79.9. The highest BCUT2D eigenvalue weighted by molar-refractivity contribution is 9.10. The number of urea groups is 1. The quantitative estimate of drug-likeness (QED) is 0.723. The van der Waals surface area contributed by atoms with Crippen LogP contribution in [-0.4, -0.2) is 32.2 Å². The first kappa shape index (κ1) is 19.5. The summed E-state index contributed by atoms with van der Waals surface area (Å²) in [4.78, 5) is 35.7. The smallest absolute Gasteiger partial charge is 0.339 e. The van der Waals surface area contributed by atoms with Crippen LogP contribution in [-0.2, 0) is 16.0 Å². The molecule has 0 unspecified atom stereocenters. The Bertz CT molecular complexity index is 821. The molecule has 0 bridgehead atoms. The first-order valence-electron chi connectivity index (χ1n) is 7.54. The van der Waals surface area contributed by atoms with Crippen molar-refractivity contribution in [2.24, 2.45) is 0 Å². The predicted octanol–water partition coefficient (Wildman–Crippen LogP) is 3.34. The summed E-state index contributed by atoms with van der Waals surface area (Å²) >= 11 is 3.34. The SMILES string of the molecule is COC(=O)c1ccc(C(=O)OC)c(NC(=O)NCc2ccc(Br)cc2)c1. The monoisotopic (exact) mass is 420 g/mol. The van der Waals surface area contributed by atoms with Crippen molar-refractivity contribution in [3.05, 3.63) is 63.6 Å². The summed E-state index contributed by atoms with van der Waals surface area (Å²) in [6.07, 6.45) is 0. The molecule has 0 fully saturated rings. The fraction of sp³-hybridized carbons (Fsp3) is 0.167. The minimum Gasteiger partial charge on any atom is -0.465 e. The Labute approximate surface area is 158 Å². The van der Waals surface area contributed by atoms with Gasteiger partial charge >= 0.3 is 18.0 Å². The summed E-state index contributed by atoms with van der Waals surface area (Å²) in [5, 5.41) is 5.24. The Balaban J connectivity index is 2.14. The summed E-state index contributed by atoms with van der Waals surface area (Å²) in [5.74, 6) is -1.22. The predicted molar refractivity (Wildman–Crippen MR) is 99.1 cm³/mol. The van der Waals surface area contributed by atoms with Crippen molar-refractivity contribution >= 4 is 39.6 Å². The van der Waals surface area contributed by atoms with E-state index < -0.39 is 18.0 Å². The van der Waals surface area contributed by atoms with Gasteiger partial charge < -0.3 is 20.1 Å². The maximum atomic E-state index is 12.2. The second kappa shape index (κ2) is 9.00. The van der Waals surface area contributed by atoms with E-state index in [1.807, 2.05) is 24.3 Å². The lowest BCUT2D eigenvalue weighted by molar-refractivity contribution is 0.0587. The number of methoxy groups -OCH3 is 2. The number of hydrogen-bond donors (Lipinski definition) is 2. The first-order valence-corrected chi connectivity index (χ1v) is 8.34. The molecule has 0 atom stereocenters.